The largest absolute Gasteiger partial charge is 0.446 e. The quantitative estimate of drug-likeness (QED) is 0.638. The molecule has 0 aromatic carbocycles. The van der Waals surface area contributed by atoms with E-state index < -0.39 is 23.5 Å². The first-order chi connectivity index (χ1) is 14.5. The number of carbonyl (C=O) groups is 1. The van der Waals surface area contributed by atoms with E-state index in [1.54, 1.807) is 0 Å². The van der Waals surface area contributed by atoms with Crippen LogP contribution in [0.2, 0.25) is 0 Å². The van der Waals surface area contributed by atoms with Crippen molar-refractivity contribution < 1.29 is 22.7 Å². The van der Waals surface area contributed by atoms with E-state index in [4.69, 9.17) is 4.74 Å². The lowest BCUT2D eigenvalue weighted by atomic mass is 9.75. The first kappa shape index (κ1) is 23.6. The number of halogens is 3. The zero-order chi connectivity index (χ0) is 22.8. The molecule has 31 heavy (non-hydrogen) atoms. The van der Waals surface area contributed by atoms with Crippen LogP contribution >= 0.6 is 0 Å². The van der Waals surface area contributed by atoms with Crippen LogP contribution < -0.4 is 10.6 Å². The number of alkyl halides is 3. The van der Waals surface area contributed by atoms with E-state index in [9.17, 15) is 18.0 Å². The van der Waals surface area contributed by atoms with Crippen LogP contribution in [0, 0.1) is 17.8 Å². The van der Waals surface area contributed by atoms with Gasteiger partial charge in [-0.15, -0.1) is 0 Å². The molecule has 2 aliphatic carbocycles. The second kappa shape index (κ2) is 9.20. The zero-order valence-electron chi connectivity index (χ0n) is 18.6. The van der Waals surface area contributed by atoms with Crippen molar-refractivity contribution in [2.45, 2.75) is 90.1 Å². The van der Waals surface area contributed by atoms with Crippen molar-refractivity contribution in [1.82, 2.24) is 15.3 Å². The number of hydrogen-bond acceptors (Lipinski definition) is 5. The molecule has 174 valence electrons. The Kier molecular flexibility index (Phi) is 7.01. The second-order valence-corrected chi connectivity index (χ2v) is 9.69. The molecule has 2 fully saturated rings. The zero-order valence-corrected chi connectivity index (χ0v) is 18.6. The van der Waals surface area contributed by atoms with Gasteiger partial charge in [-0.3, -0.25) is 0 Å². The number of aromatic nitrogens is 2. The molecule has 6 nitrogen and oxygen atoms in total. The first-order valence-electron chi connectivity index (χ1n) is 11.1. The average Bonchev–Trinajstić information content (AvgIpc) is 3.01. The molecule has 5 atom stereocenters. The Bertz CT molecular complexity index is 756. The highest BCUT2D eigenvalue weighted by atomic mass is 19.4. The van der Waals surface area contributed by atoms with Gasteiger partial charge in [0, 0.05) is 0 Å². The van der Waals surface area contributed by atoms with Crippen molar-refractivity contribution in [3.63, 3.8) is 0 Å². The third kappa shape index (κ3) is 5.80. The van der Waals surface area contributed by atoms with E-state index in [1.165, 1.54) is 0 Å². The number of alkyl carbamates (subject to hydrolysis) is 1. The van der Waals surface area contributed by atoms with Crippen LogP contribution in [0.4, 0.5) is 23.8 Å². The van der Waals surface area contributed by atoms with E-state index in [1.807, 2.05) is 6.92 Å². The predicted molar refractivity (Wildman–Crippen MR) is 111 cm³/mol. The van der Waals surface area contributed by atoms with Gasteiger partial charge in [0.1, 0.15) is 11.9 Å². The number of nitrogens with zero attached hydrogens (tertiary/aromatic N) is 2. The summed E-state index contributed by atoms with van der Waals surface area (Å²) in [7, 11) is 0. The van der Waals surface area contributed by atoms with Crippen molar-refractivity contribution >= 4 is 11.9 Å². The minimum absolute atomic E-state index is 0.0925. The highest BCUT2D eigenvalue weighted by molar-refractivity contribution is 5.68. The summed E-state index contributed by atoms with van der Waals surface area (Å²) in [4.78, 5) is 20.0. The molecule has 1 heterocycles. The normalized spacial score (nSPS) is 31.5. The molecule has 1 unspecified atom stereocenters. The second-order valence-electron chi connectivity index (χ2n) is 9.69. The molecule has 1 amide bonds. The maximum absolute atomic E-state index is 12.7. The van der Waals surface area contributed by atoms with Gasteiger partial charge >= 0.3 is 12.3 Å². The Morgan fingerprint density at radius 1 is 1.23 bits per heavy atom. The van der Waals surface area contributed by atoms with Crippen molar-refractivity contribution in [1.29, 1.82) is 0 Å². The SMILES string of the molecule is CC(C)[C@@H]1CC[C@@H](C)C[C@H]1OC(=O)NC1CCC[C@]1(C)Nc1cnc(C(F)(F)F)cn1. The maximum atomic E-state index is 12.7. The Hall–Kier alpha value is -2.06. The van der Waals surface area contributed by atoms with Crippen molar-refractivity contribution in [2.24, 2.45) is 17.8 Å². The van der Waals surface area contributed by atoms with Crippen molar-refractivity contribution in [3.05, 3.63) is 18.1 Å². The highest BCUT2D eigenvalue weighted by Crippen LogP contribution is 2.36. The lowest BCUT2D eigenvalue weighted by Crippen LogP contribution is -2.53. The molecule has 0 bridgehead atoms. The summed E-state index contributed by atoms with van der Waals surface area (Å²) in [6, 6.07) is -0.220. The highest BCUT2D eigenvalue weighted by Gasteiger charge is 2.42. The molecule has 0 spiro atoms. The molecule has 0 saturated heterocycles. The number of ether oxygens (including phenoxy) is 1. The van der Waals surface area contributed by atoms with Crippen LogP contribution in [0.25, 0.3) is 0 Å². The molecular weight excluding hydrogens is 409 g/mol. The van der Waals surface area contributed by atoms with Crippen molar-refractivity contribution in [3.8, 4) is 0 Å². The summed E-state index contributed by atoms with van der Waals surface area (Å²) in [5, 5.41) is 6.17. The lowest BCUT2D eigenvalue weighted by Gasteiger charge is -2.38. The molecule has 0 aliphatic heterocycles. The monoisotopic (exact) mass is 442 g/mol. The average molecular weight is 443 g/mol. The van der Waals surface area contributed by atoms with E-state index >= 15 is 0 Å². The van der Waals surface area contributed by atoms with Gasteiger partial charge in [-0.1, -0.05) is 27.2 Å². The fraction of sp³-hybridized carbons (Fsp3) is 0.773. The number of anilines is 1. The number of hydrogen-bond donors (Lipinski definition) is 2. The van der Waals surface area contributed by atoms with Gasteiger partial charge in [-0.2, -0.15) is 13.2 Å². The number of amides is 1. The Labute approximate surface area is 181 Å². The van der Waals surface area contributed by atoms with Crippen LogP contribution in [0.3, 0.4) is 0 Å². The van der Waals surface area contributed by atoms with Gasteiger partial charge < -0.3 is 15.4 Å². The Balaban J connectivity index is 1.62. The number of rotatable bonds is 5. The van der Waals surface area contributed by atoms with Crippen LogP contribution in [-0.2, 0) is 10.9 Å². The van der Waals surface area contributed by atoms with Gasteiger partial charge in [0.05, 0.1) is 24.0 Å². The standard InChI is InChI=1S/C22H33F3N4O2/c1-13(2)15-8-7-14(3)10-16(15)31-20(30)28-17-6-5-9-21(17,4)29-19-12-26-18(11-27-19)22(23,24)25/h11-17H,5-10H2,1-4H3,(H,27,29)(H,28,30)/t14-,15+,16-,17?,21+/m1/s1. The fourth-order valence-electron chi connectivity index (χ4n) is 4.94. The van der Waals surface area contributed by atoms with Gasteiger partial charge in [0.15, 0.2) is 5.69 Å². The third-order valence-corrected chi connectivity index (χ3v) is 6.83. The van der Waals surface area contributed by atoms with E-state index in [0.717, 1.165) is 44.7 Å². The molecule has 2 N–H and O–H groups in total. The summed E-state index contributed by atoms with van der Waals surface area (Å²) in [5.74, 6) is 1.59. The molecule has 3 rings (SSSR count). The van der Waals surface area contributed by atoms with E-state index in [0.29, 0.717) is 24.0 Å². The molecule has 2 saturated carbocycles. The fourth-order valence-corrected chi connectivity index (χ4v) is 4.94. The summed E-state index contributed by atoms with van der Waals surface area (Å²) in [6.07, 6.45) is 2.21. The maximum Gasteiger partial charge on any atom is 0.434 e. The molecule has 1 aromatic rings. The molecular formula is C22H33F3N4O2. The van der Waals surface area contributed by atoms with Gasteiger partial charge in [-0.05, 0) is 56.8 Å². The smallest absolute Gasteiger partial charge is 0.434 e. The topological polar surface area (TPSA) is 76.1 Å². The minimum atomic E-state index is -4.53. The van der Waals surface area contributed by atoms with E-state index in [2.05, 4.69) is 41.4 Å². The van der Waals surface area contributed by atoms with Crippen LogP contribution in [0.1, 0.15) is 71.9 Å². The molecule has 1 aromatic heterocycles. The van der Waals surface area contributed by atoms with Gasteiger partial charge in [-0.25, -0.2) is 14.8 Å². The van der Waals surface area contributed by atoms with Gasteiger partial charge in [0.2, 0.25) is 0 Å². The molecule has 9 heteroatoms. The Morgan fingerprint density at radius 2 is 1.97 bits per heavy atom. The molecule has 0 radical (unpaired) electrons. The summed E-state index contributed by atoms with van der Waals surface area (Å²) >= 11 is 0. The Morgan fingerprint density at radius 3 is 2.58 bits per heavy atom. The van der Waals surface area contributed by atoms with Crippen molar-refractivity contribution in [2.75, 3.05) is 5.32 Å². The van der Waals surface area contributed by atoms with Crippen LogP contribution in [-0.4, -0.2) is 33.7 Å². The summed E-state index contributed by atoms with van der Waals surface area (Å²) < 4.78 is 44.0. The van der Waals surface area contributed by atoms with E-state index in [-0.39, 0.29) is 18.0 Å². The van der Waals surface area contributed by atoms with Crippen LogP contribution in [0.5, 0.6) is 0 Å². The minimum Gasteiger partial charge on any atom is -0.446 e. The third-order valence-electron chi connectivity index (χ3n) is 6.83. The first-order valence-corrected chi connectivity index (χ1v) is 11.1. The number of carbonyl (C=O) groups excluding carboxylic acids is 1. The summed E-state index contributed by atoms with van der Waals surface area (Å²) in [6.45, 7) is 8.45. The van der Waals surface area contributed by atoms with Crippen LogP contribution in [0.15, 0.2) is 12.4 Å². The van der Waals surface area contributed by atoms with Gasteiger partial charge in [0.25, 0.3) is 0 Å². The number of nitrogens with one attached hydrogen (secondary N) is 2. The predicted octanol–water partition coefficient (Wildman–Crippen LogP) is 5.41. The molecule has 2 aliphatic rings. The summed E-state index contributed by atoms with van der Waals surface area (Å²) in [5.41, 5.74) is -1.58. The lowest BCUT2D eigenvalue weighted by molar-refractivity contribution is -0.141.